The maximum Gasteiger partial charge on any atom is 0.266 e. The first-order chi connectivity index (χ1) is 44.3. The number of hydrogen-bond donors (Lipinski definition) is 0. The number of ether oxygens (including phenoxy) is 2. The van der Waals surface area contributed by atoms with E-state index < -0.39 is 23.6 Å². The summed E-state index contributed by atoms with van der Waals surface area (Å²) >= 11 is 0. The number of anilines is 2. The lowest BCUT2D eigenvalue weighted by Gasteiger charge is -2.34. The molecular weight excluding hydrogens is 1120 g/mol. The van der Waals surface area contributed by atoms with Gasteiger partial charge in [0.1, 0.15) is 23.0 Å². The van der Waals surface area contributed by atoms with Gasteiger partial charge in [0.15, 0.2) is 0 Å². The van der Waals surface area contributed by atoms with Gasteiger partial charge < -0.3 is 9.47 Å². The Bertz CT molecular complexity index is 4790. The summed E-state index contributed by atoms with van der Waals surface area (Å²) in [6, 6.07) is 75.4. The average molecular weight is 1180 g/mol. The average Bonchev–Trinajstić information content (AvgIpc) is 0.689. The van der Waals surface area contributed by atoms with Crippen molar-refractivity contribution in [2.45, 2.75) is 59.3 Å². The van der Waals surface area contributed by atoms with E-state index in [4.69, 9.17) is 9.47 Å². The second-order valence-corrected chi connectivity index (χ2v) is 24.6. The van der Waals surface area contributed by atoms with Gasteiger partial charge in [-0.05, 0) is 103 Å². The van der Waals surface area contributed by atoms with Crippen molar-refractivity contribution >= 4 is 84.2 Å². The van der Waals surface area contributed by atoms with Gasteiger partial charge in [0.2, 0.25) is 0 Å². The van der Waals surface area contributed by atoms with E-state index in [0.29, 0.717) is 94.2 Å². The first kappa shape index (κ1) is 56.3. The zero-order chi connectivity index (χ0) is 62.5. The number of carbonyl (C=O) groups is 4. The van der Waals surface area contributed by atoms with Gasteiger partial charge in [-0.25, -0.2) is 9.80 Å². The van der Waals surface area contributed by atoms with Crippen LogP contribution in [0, 0.1) is 0 Å². The highest BCUT2D eigenvalue weighted by Crippen LogP contribution is 2.56. The Hall–Kier alpha value is -11.2. The third-order valence-electron chi connectivity index (χ3n) is 18.3. The minimum Gasteiger partial charge on any atom is -0.455 e. The molecule has 0 saturated heterocycles. The topological polar surface area (TPSA) is 93.2 Å². The summed E-state index contributed by atoms with van der Waals surface area (Å²) in [5.41, 5.74) is 12.2. The molecule has 0 saturated carbocycles. The molecule has 4 amide bonds. The fourth-order valence-electron chi connectivity index (χ4n) is 14.1. The summed E-state index contributed by atoms with van der Waals surface area (Å²) in [5, 5.41) is 4.45. The Morgan fingerprint density at radius 1 is 0.319 bits per heavy atom. The third kappa shape index (κ3) is 8.87. The highest BCUT2D eigenvalue weighted by Gasteiger charge is 2.43. The molecule has 0 aliphatic carbocycles. The van der Waals surface area contributed by atoms with Crippen LogP contribution in [0.4, 0.5) is 11.4 Å². The highest BCUT2D eigenvalue weighted by atomic mass is 16.5. The Labute approximate surface area is 528 Å². The zero-order valence-electron chi connectivity index (χ0n) is 51.3. The predicted molar refractivity (Wildman–Crippen MR) is 370 cm³/mol. The summed E-state index contributed by atoms with van der Waals surface area (Å²) in [5.74, 6) is -0.460. The van der Waals surface area contributed by atoms with E-state index in [2.05, 4.69) is 82.8 Å². The van der Waals surface area contributed by atoms with Crippen LogP contribution in [0.25, 0.3) is 93.7 Å². The van der Waals surface area contributed by atoms with Gasteiger partial charge in [-0.1, -0.05) is 260 Å². The maximum atomic E-state index is 16.5. The fraction of sp³-hybridized carbons (Fsp3) is 0.108. The molecule has 2 heterocycles. The van der Waals surface area contributed by atoms with Crippen LogP contribution in [0.1, 0.15) is 123 Å². The second kappa shape index (κ2) is 22.1. The quantitative estimate of drug-likeness (QED) is 0.0612. The van der Waals surface area contributed by atoms with E-state index in [9.17, 15) is 0 Å². The third-order valence-corrected chi connectivity index (χ3v) is 18.3. The van der Waals surface area contributed by atoms with Crippen LogP contribution in [-0.2, 0) is 0 Å². The van der Waals surface area contributed by atoms with E-state index in [1.165, 1.54) is 9.80 Å². The molecule has 440 valence electrons. The van der Waals surface area contributed by atoms with Crippen molar-refractivity contribution in [3.63, 3.8) is 0 Å². The van der Waals surface area contributed by atoms with Gasteiger partial charge in [0.25, 0.3) is 23.6 Å². The molecule has 8 heteroatoms. The van der Waals surface area contributed by atoms with Crippen molar-refractivity contribution in [2.24, 2.45) is 0 Å². The Kier molecular flexibility index (Phi) is 13.7. The number of benzene rings is 13. The van der Waals surface area contributed by atoms with Crippen molar-refractivity contribution in [1.29, 1.82) is 0 Å². The molecule has 0 N–H and O–H groups in total. The van der Waals surface area contributed by atoms with Crippen LogP contribution in [0.3, 0.4) is 0 Å². The summed E-state index contributed by atoms with van der Waals surface area (Å²) in [6.45, 7) is 16.5. The highest BCUT2D eigenvalue weighted by molar-refractivity contribution is 6.47. The van der Waals surface area contributed by atoms with Crippen LogP contribution in [0.15, 0.2) is 237 Å². The van der Waals surface area contributed by atoms with Crippen molar-refractivity contribution in [2.75, 3.05) is 9.80 Å². The number of amides is 4. The van der Waals surface area contributed by atoms with Gasteiger partial charge in [-0.15, -0.1) is 0 Å². The summed E-state index contributed by atoms with van der Waals surface area (Å²) in [6.07, 6.45) is 1.69. The van der Waals surface area contributed by atoms with E-state index >= 15 is 19.2 Å². The molecule has 2 aliphatic rings. The van der Waals surface area contributed by atoms with Crippen LogP contribution in [0.2, 0.25) is 0 Å². The SMILES string of the molecule is C=Cc1cccc(C(C)C)c1N1C(=O)c2ccc3c4c(Oc5c(-c6ccccc6)cccc5-c5ccccc5)cc5c6c(cc(Oc7c(-c8ccccc8)cccc7-c7ccccc7)c(c7ccc(c2c37)C1=O)c64)C(=O)N(c1c(C(C)C)cccc1C(C)C)C5=O. The van der Waals surface area contributed by atoms with Gasteiger partial charge >= 0.3 is 0 Å². The van der Waals surface area contributed by atoms with E-state index in [-0.39, 0.29) is 28.9 Å². The first-order valence-electron chi connectivity index (χ1n) is 31.1. The molecule has 91 heavy (non-hydrogen) atoms. The van der Waals surface area contributed by atoms with Crippen LogP contribution in [0.5, 0.6) is 23.0 Å². The number of nitrogens with zero attached hydrogens (tertiary/aromatic N) is 2. The first-order valence-corrected chi connectivity index (χ1v) is 31.1. The number of carbonyl (C=O) groups excluding carboxylic acids is 4. The smallest absolute Gasteiger partial charge is 0.266 e. The van der Waals surface area contributed by atoms with Gasteiger partial charge in [0, 0.05) is 60.3 Å². The minimum absolute atomic E-state index is 0.0420. The summed E-state index contributed by atoms with van der Waals surface area (Å²) in [7, 11) is 0. The van der Waals surface area contributed by atoms with E-state index in [1.807, 2.05) is 196 Å². The molecule has 0 fully saturated rings. The molecule has 0 spiro atoms. The van der Waals surface area contributed by atoms with Crippen LogP contribution < -0.4 is 19.3 Å². The normalized spacial score (nSPS) is 13.1. The molecule has 2 aliphatic heterocycles. The van der Waals surface area contributed by atoms with Gasteiger partial charge in [-0.3, -0.25) is 19.2 Å². The lowest BCUT2D eigenvalue weighted by atomic mass is 9.80. The molecule has 0 aromatic heterocycles. The van der Waals surface area contributed by atoms with Crippen LogP contribution >= 0.6 is 0 Å². The van der Waals surface area contributed by atoms with Crippen molar-refractivity contribution in [3.8, 4) is 67.5 Å². The molecule has 0 atom stereocenters. The number of imide groups is 2. The summed E-state index contributed by atoms with van der Waals surface area (Å²) in [4.78, 5) is 67.2. The Morgan fingerprint density at radius 3 is 1.02 bits per heavy atom. The molecule has 13 aromatic carbocycles. The molecule has 15 rings (SSSR count). The van der Waals surface area contributed by atoms with E-state index in [1.54, 1.807) is 6.08 Å². The standard InChI is InChI=1S/C83H62N2O6/c1-8-50-33-21-34-55(47(2)3)76(50)84-80(86)64-43-41-62-70-63(42-44-65(71(64)70)81(84)87)74-69(91-79-60(53-29-17-11-18-30-53)39-24-40-61(79)54-31-19-12-20-32-54)46-67-72-66(82(88)85(83(67)89)77-56(48(4)5)35-22-36-57(77)49(6)7)45-68(73(62)75(72)74)90-78-58(51-25-13-9-14-26-51)37-23-38-59(78)52-27-15-10-16-28-52/h8-49H,1H2,2-7H3. The predicted octanol–water partition coefficient (Wildman–Crippen LogP) is 21.6. The van der Waals surface area contributed by atoms with Crippen molar-refractivity contribution < 1.29 is 28.7 Å². The number of fused-ring (bicyclic) bond motifs is 2. The second-order valence-electron chi connectivity index (χ2n) is 24.6. The maximum absolute atomic E-state index is 16.5. The minimum atomic E-state index is -0.503. The molecule has 8 nitrogen and oxygen atoms in total. The lowest BCUT2D eigenvalue weighted by molar-refractivity contribution is 0.0877. The Balaban J connectivity index is 1.12. The van der Waals surface area contributed by atoms with Crippen molar-refractivity contribution in [3.05, 3.63) is 282 Å². The largest absolute Gasteiger partial charge is 0.455 e. The molecular formula is C83H62N2O6. The Morgan fingerprint density at radius 2 is 0.648 bits per heavy atom. The number of hydrogen-bond acceptors (Lipinski definition) is 6. The molecule has 13 aromatic rings. The number of para-hydroxylation sites is 4. The number of rotatable bonds is 14. The van der Waals surface area contributed by atoms with E-state index in [0.717, 1.165) is 61.2 Å². The monoisotopic (exact) mass is 1180 g/mol. The molecule has 0 unspecified atom stereocenters. The fourth-order valence-corrected chi connectivity index (χ4v) is 14.1. The summed E-state index contributed by atoms with van der Waals surface area (Å²) < 4.78 is 15.6. The molecule has 0 bridgehead atoms. The van der Waals surface area contributed by atoms with Crippen molar-refractivity contribution in [1.82, 2.24) is 0 Å². The van der Waals surface area contributed by atoms with Gasteiger partial charge in [0.05, 0.1) is 22.5 Å². The van der Waals surface area contributed by atoms with Crippen LogP contribution in [-0.4, -0.2) is 23.6 Å². The van der Waals surface area contributed by atoms with Gasteiger partial charge in [-0.2, -0.15) is 0 Å². The lowest BCUT2D eigenvalue weighted by Crippen LogP contribution is -2.42. The molecule has 0 radical (unpaired) electrons. The zero-order valence-corrected chi connectivity index (χ0v) is 51.3.